The minimum atomic E-state index is -1.73. The SMILES string of the molecule is Cc1ccc(C(O)(c2ccc(F)cc2)[C@H](C)OC(=O)[C@H](C)NC(=O)OC(C)(C)C)cc1. The normalized spacial score (nSPS) is 15.4. The van der Waals surface area contributed by atoms with Crippen molar-refractivity contribution in [2.45, 2.75) is 64.9 Å². The topological polar surface area (TPSA) is 84.9 Å². The fraction of sp³-hybridized carbons (Fsp3) is 0.417. The van der Waals surface area contributed by atoms with Crippen molar-refractivity contribution in [2.24, 2.45) is 0 Å². The number of amides is 1. The standard InChI is InChI=1S/C24H30FNO5/c1-15-7-9-18(10-8-15)24(29,19-11-13-20(25)14-12-19)17(3)30-21(27)16(2)26-22(28)31-23(4,5)6/h7-14,16-17,29H,1-6H3,(H,26,28)/t16-,17-,24?/m0/s1. The summed E-state index contributed by atoms with van der Waals surface area (Å²) in [4.78, 5) is 24.5. The first-order valence-electron chi connectivity index (χ1n) is 10.1. The monoisotopic (exact) mass is 431 g/mol. The summed E-state index contributed by atoms with van der Waals surface area (Å²) >= 11 is 0. The Labute approximate surface area is 182 Å². The van der Waals surface area contributed by atoms with Crippen molar-refractivity contribution < 1.29 is 28.6 Å². The molecule has 7 heteroatoms. The second-order valence-corrected chi connectivity index (χ2v) is 8.59. The van der Waals surface area contributed by atoms with E-state index in [1.54, 1.807) is 39.8 Å². The number of rotatable bonds is 6. The number of alkyl carbamates (subject to hydrolysis) is 1. The van der Waals surface area contributed by atoms with Crippen LogP contribution in [0.25, 0.3) is 0 Å². The molecule has 0 saturated heterocycles. The van der Waals surface area contributed by atoms with Gasteiger partial charge in [-0.1, -0.05) is 42.0 Å². The van der Waals surface area contributed by atoms with E-state index >= 15 is 0 Å². The van der Waals surface area contributed by atoms with Crippen LogP contribution in [0.4, 0.5) is 9.18 Å². The number of hydrogen-bond acceptors (Lipinski definition) is 5. The number of hydrogen-bond donors (Lipinski definition) is 2. The van der Waals surface area contributed by atoms with Gasteiger partial charge in [0, 0.05) is 0 Å². The molecule has 0 bridgehead atoms. The predicted molar refractivity (Wildman–Crippen MR) is 115 cm³/mol. The molecule has 0 aliphatic carbocycles. The lowest BCUT2D eigenvalue weighted by molar-refractivity contribution is -0.162. The van der Waals surface area contributed by atoms with Gasteiger partial charge in [0.05, 0.1) is 0 Å². The van der Waals surface area contributed by atoms with Gasteiger partial charge in [0.1, 0.15) is 23.6 Å². The molecule has 2 aromatic rings. The van der Waals surface area contributed by atoms with Crippen LogP contribution >= 0.6 is 0 Å². The van der Waals surface area contributed by atoms with Crippen LogP contribution in [0.5, 0.6) is 0 Å². The Hall–Kier alpha value is -2.93. The third-order valence-corrected chi connectivity index (χ3v) is 4.74. The summed E-state index contributed by atoms with van der Waals surface area (Å²) in [7, 11) is 0. The van der Waals surface area contributed by atoms with Gasteiger partial charge in [-0.05, 0) is 64.8 Å². The molecule has 3 atom stereocenters. The molecule has 0 aromatic heterocycles. The average Bonchev–Trinajstić information content (AvgIpc) is 2.66. The number of benzene rings is 2. The summed E-state index contributed by atoms with van der Waals surface area (Å²) in [6, 6.07) is 11.5. The molecule has 31 heavy (non-hydrogen) atoms. The van der Waals surface area contributed by atoms with E-state index in [0.717, 1.165) is 5.56 Å². The molecule has 2 rings (SSSR count). The van der Waals surface area contributed by atoms with E-state index in [-0.39, 0.29) is 0 Å². The maximum Gasteiger partial charge on any atom is 0.408 e. The molecular weight excluding hydrogens is 401 g/mol. The van der Waals surface area contributed by atoms with Crippen molar-refractivity contribution in [1.82, 2.24) is 5.32 Å². The lowest BCUT2D eigenvalue weighted by Gasteiger charge is -2.35. The molecule has 0 aliphatic heterocycles. The molecule has 0 heterocycles. The summed E-state index contributed by atoms with van der Waals surface area (Å²) in [6.07, 6.45) is -1.80. The van der Waals surface area contributed by atoms with Crippen molar-refractivity contribution in [2.75, 3.05) is 0 Å². The Morgan fingerprint density at radius 1 is 0.968 bits per heavy atom. The molecule has 2 aromatic carbocycles. The van der Waals surface area contributed by atoms with Crippen LogP contribution in [-0.4, -0.2) is 34.9 Å². The molecule has 0 saturated carbocycles. The summed E-state index contributed by atoms with van der Waals surface area (Å²) in [6.45, 7) is 10.0. The van der Waals surface area contributed by atoms with E-state index in [4.69, 9.17) is 9.47 Å². The minimum Gasteiger partial charge on any atom is -0.457 e. The van der Waals surface area contributed by atoms with Gasteiger partial charge in [0.2, 0.25) is 0 Å². The molecule has 2 N–H and O–H groups in total. The maximum absolute atomic E-state index is 13.5. The first kappa shape index (κ1) is 24.3. The maximum atomic E-state index is 13.5. The number of esters is 1. The molecular formula is C24H30FNO5. The highest BCUT2D eigenvalue weighted by Gasteiger charge is 2.41. The highest BCUT2D eigenvalue weighted by atomic mass is 19.1. The van der Waals surface area contributed by atoms with Gasteiger partial charge in [0.15, 0.2) is 5.60 Å². The van der Waals surface area contributed by atoms with Crippen LogP contribution in [0.3, 0.4) is 0 Å². The molecule has 1 unspecified atom stereocenters. The number of carbonyl (C=O) groups excluding carboxylic acids is 2. The molecule has 1 amide bonds. The van der Waals surface area contributed by atoms with Crippen LogP contribution in [0, 0.1) is 12.7 Å². The molecule has 0 radical (unpaired) electrons. The number of ether oxygens (including phenoxy) is 2. The average molecular weight is 432 g/mol. The number of carbonyl (C=O) groups is 2. The van der Waals surface area contributed by atoms with Crippen molar-refractivity contribution in [3.63, 3.8) is 0 Å². The molecule has 0 aliphatic rings. The number of aliphatic hydroxyl groups is 1. The van der Waals surface area contributed by atoms with E-state index in [9.17, 15) is 19.1 Å². The molecule has 6 nitrogen and oxygen atoms in total. The predicted octanol–water partition coefficient (Wildman–Crippen LogP) is 4.21. The smallest absolute Gasteiger partial charge is 0.408 e. The number of aryl methyl sites for hydroxylation is 1. The zero-order valence-corrected chi connectivity index (χ0v) is 18.7. The fourth-order valence-corrected chi connectivity index (χ4v) is 3.05. The summed E-state index contributed by atoms with van der Waals surface area (Å²) in [5.74, 6) is -1.19. The van der Waals surface area contributed by atoms with Crippen molar-refractivity contribution in [3.05, 3.63) is 71.0 Å². The van der Waals surface area contributed by atoms with E-state index in [0.29, 0.717) is 11.1 Å². The first-order chi connectivity index (χ1) is 14.3. The molecule has 0 fully saturated rings. The van der Waals surface area contributed by atoms with Crippen molar-refractivity contribution >= 4 is 12.1 Å². The Balaban J connectivity index is 2.26. The summed E-state index contributed by atoms with van der Waals surface area (Å²) < 4.78 is 24.1. The van der Waals surface area contributed by atoms with Gasteiger partial charge in [0.25, 0.3) is 0 Å². The van der Waals surface area contributed by atoms with Gasteiger partial charge in [-0.3, -0.25) is 0 Å². The Morgan fingerprint density at radius 3 is 1.94 bits per heavy atom. The summed E-state index contributed by atoms with van der Waals surface area (Å²) in [5, 5.41) is 14.1. The zero-order chi connectivity index (χ0) is 23.4. The number of nitrogens with one attached hydrogen (secondary N) is 1. The van der Waals surface area contributed by atoms with E-state index in [2.05, 4.69) is 5.32 Å². The largest absolute Gasteiger partial charge is 0.457 e. The Bertz CT molecular complexity index is 858. The lowest BCUT2D eigenvalue weighted by atomic mass is 9.82. The van der Waals surface area contributed by atoms with Gasteiger partial charge in [-0.2, -0.15) is 0 Å². The van der Waals surface area contributed by atoms with Gasteiger partial charge >= 0.3 is 12.1 Å². The minimum absolute atomic E-state index is 0.366. The highest BCUT2D eigenvalue weighted by molar-refractivity contribution is 5.81. The molecule has 168 valence electrons. The van der Waals surface area contributed by atoms with E-state index in [1.807, 2.05) is 19.1 Å². The third kappa shape index (κ3) is 6.28. The second kappa shape index (κ2) is 9.47. The fourth-order valence-electron chi connectivity index (χ4n) is 3.05. The van der Waals surface area contributed by atoms with E-state index in [1.165, 1.54) is 31.2 Å². The van der Waals surface area contributed by atoms with Crippen LogP contribution in [0.15, 0.2) is 48.5 Å². The second-order valence-electron chi connectivity index (χ2n) is 8.59. The van der Waals surface area contributed by atoms with Gasteiger partial charge in [-0.15, -0.1) is 0 Å². The lowest BCUT2D eigenvalue weighted by Crippen LogP contribution is -2.47. The van der Waals surface area contributed by atoms with Crippen molar-refractivity contribution in [1.29, 1.82) is 0 Å². The quantitative estimate of drug-likeness (QED) is 0.669. The van der Waals surface area contributed by atoms with Crippen LogP contribution in [0.2, 0.25) is 0 Å². The van der Waals surface area contributed by atoms with E-state index < -0.39 is 41.2 Å². The van der Waals surface area contributed by atoms with Crippen molar-refractivity contribution in [3.8, 4) is 0 Å². The van der Waals surface area contributed by atoms with Gasteiger partial charge < -0.3 is 19.9 Å². The first-order valence-corrected chi connectivity index (χ1v) is 10.1. The highest BCUT2D eigenvalue weighted by Crippen LogP contribution is 2.35. The van der Waals surface area contributed by atoms with Crippen LogP contribution < -0.4 is 5.32 Å². The third-order valence-electron chi connectivity index (χ3n) is 4.74. The van der Waals surface area contributed by atoms with Crippen LogP contribution in [0.1, 0.15) is 51.3 Å². The Kier molecular flexibility index (Phi) is 7.44. The summed E-state index contributed by atoms with van der Waals surface area (Å²) in [5.41, 5.74) is -0.605. The molecule has 0 spiro atoms. The van der Waals surface area contributed by atoms with Crippen LogP contribution in [-0.2, 0) is 19.9 Å². The van der Waals surface area contributed by atoms with Gasteiger partial charge in [-0.25, -0.2) is 14.0 Å². The number of halogens is 1. The Morgan fingerprint density at radius 2 is 1.45 bits per heavy atom. The zero-order valence-electron chi connectivity index (χ0n) is 18.7.